The topological polar surface area (TPSA) is 89.9 Å². The molecular formula is C19H14ClN5O2S. The SMILES string of the molecule is COc1cnc(Cl)cc1-c1cc(C)ncc1C(=O)Nc1nc2cnccc2s1. The summed E-state index contributed by atoms with van der Waals surface area (Å²) >= 11 is 7.45. The quantitative estimate of drug-likeness (QED) is 0.501. The van der Waals surface area contributed by atoms with Crippen LogP contribution in [0.25, 0.3) is 21.3 Å². The van der Waals surface area contributed by atoms with E-state index in [4.69, 9.17) is 16.3 Å². The summed E-state index contributed by atoms with van der Waals surface area (Å²) in [5.41, 5.74) is 3.17. The summed E-state index contributed by atoms with van der Waals surface area (Å²) in [7, 11) is 1.54. The Labute approximate surface area is 169 Å². The van der Waals surface area contributed by atoms with Gasteiger partial charge in [-0.2, -0.15) is 0 Å². The molecule has 4 aromatic rings. The zero-order valence-electron chi connectivity index (χ0n) is 14.9. The van der Waals surface area contributed by atoms with Crippen LogP contribution < -0.4 is 10.1 Å². The number of carbonyl (C=O) groups is 1. The molecule has 0 aliphatic carbocycles. The molecule has 4 heterocycles. The molecule has 9 heteroatoms. The first-order valence-electron chi connectivity index (χ1n) is 8.23. The van der Waals surface area contributed by atoms with Crippen LogP contribution in [-0.4, -0.2) is 33.0 Å². The van der Waals surface area contributed by atoms with E-state index in [0.29, 0.717) is 32.7 Å². The number of pyridine rings is 3. The van der Waals surface area contributed by atoms with Crippen molar-refractivity contribution in [2.24, 2.45) is 0 Å². The Balaban J connectivity index is 1.76. The second-order valence-electron chi connectivity index (χ2n) is 5.90. The summed E-state index contributed by atoms with van der Waals surface area (Å²) in [6.07, 6.45) is 6.40. The number of nitrogens with zero attached hydrogens (tertiary/aromatic N) is 4. The molecule has 0 saturated carbocycles. The van der Waals surface area contributed by atoms with Gasteiger partial charge in [-0.05, 0) is 25.1 Å². The standard InChI is InChI=1S/C19H14ClN5O2S/c1-10-5-11(12-6-17(20)23-9-15(12)27-2)13(7-22-10)18(26)25-19-24-14-8-21-4-3-16(14)28-19/h3-9H,1-2H3,(H,24,25,26). The maximum atomic E-state index is 13.0. The number of ether oxygens (including phenoxy) is 1. The Morgan fingerprint density at radius 1 is 1.18 bits per heavy atom. The number of amides is 1. The van der Waals surface area contributed by atoms with Gasteiger partial charge in [0.1, 0.15) is 16.4 Å². The van der Waals surface area contributed by atoms with Crippen LogP contribution in [0.15, 0.2) is 43.0 Å². The molecular weight excluding hydrogens is 398 g/mol. The lowest BCUT2D eigenvalue weighted by atomic mass is 10.0. The first-order chi connectivity index (χ1) is 13.5. The molecule has 140 valence electrons. The number of aryl methyl sites for hydroxylation is 1. The molecule has 0 fully saturated rings. The minimum absolute atomic E-state index is 0.301. The number of anilines is 1. The summed E-state index contributed by atoms with van der Waals surface area (Å²) in [6, 6.07) is 5.33. The van der Waals surface area contributed by atoms with Crippen molar-refractivity contribution in [3.63, 3.8) is 0 Å². The van der Waals surface area contributed by atoms with Crippen LogP contribution in [0.5, 0.6) is 5.75 Å². The Morgan fingerprint density at radius 2 is 2.04 bits per heavy atom. The first kappa shape index (κ1) is 18.3. The van der Waals surface area contributed by atoms with Gasteiger partial charge in [-0.15, -0.1) is 0 Å². The average molecular weight is 412 g/mol. The summed E-state index contributed by atoms with van der Waals surface area (Å²) in [5.74, 6) is 0.180. The van der Waals surface area contributed by atoms with Gasteiger partial charge in [-0.25, -0.2) is 9.97 Å². The van der Waals surface area contributed by atoms with Crippen molar-refractivity contribution >= 4 is 44.2 Å². The van der Waals surface area contributed by atoms with Gasteiger partial charge in [0, 0.05) is 29.2 Å². The van der Waals surface area contributed by atoms with E-state index >= 15 is 0 Å². The van der Waals surface area contributed by atoms with Crippen LogP contribution in [0.2, 0.25) is 5.15 Å². The van der Waals surface area contributed by atoms with Crippen molar-refractivity contribution in [1.82, 2.24) is 19.9 Å². The van der Waals surface area contributed by atoms with Gasteiger partial charge in [0.15, 0.2) is 5.13 Å². The molecule has 0 bridgehead atoms. The highest BCUT2D eigenvalue weighted by Crippen LogP contribution is 2.34. The molecule has 0 aromatic carbocycles. The molecule has 0 unspecified atom stereocenters. The third kappa shape index (κ3) is 3.51. The number of fused-ring (bicyclic) bond motifs is 1. The molecule has 7 nitrogen and oxygen atoms in total. The number of halogens is 1. The highest BCUT2D eigenvalue weighted by molar-refractivity contribution is 7.22. The van der Waals surface area contributed by atoms with E-state index in [-0.39, 0.29) is 5.91 Å². The number of aromatic nitrogens is 4. The van der Waals surface area contributed by atoms with E-state index < -0.39 is 0 Å². The van der Waals surface area contributed by atoms with Crippen LogP contribution in [-0.2, 0) is 0 Å². The molecule has 0 aliphatic heterocycles. The molecule has 4 aromatic heterocycles. The van der Waals surface area contributed by atoms with Gasteiger partial charge in [-0.3, -0.25) is 20.1 Å². The van der Waals surface area contributed by atoms with Crippen LogP contribution in [0.4, 0.5) is 5.13 Å². The Bertz CT molecular complexity index is 1160. The van der Waals surface area contributed by atoms with Crippen LogP contribution in [0, 0.1) is 6.92 Å². The largest absolute Gasteiger partial charge is 0.494 e. The number of methoxy groups -OCH3 is 1. The van der Waals surface area contributed by atoms with Gasteiger partial charge in [0.25, 0.3) is 5.91 Å². The van der Waals surface area contributed by atoms with E-state index in [1.54, 1.807) is 18.5 Å². The number of nitrogens with one attached hydrogen (secondary N) is 1. The second-order valence-corrected chi connectivity index (χ2v) is 7.31. The normalized spacial score (nSPS) is 10.8. The Hall–Kier alpha value is -3.10. The fourth-order valence-corrected chi connectivity index (χ4v) is 3.74. The fraction of sp³-hybridized carbons (Fsp3) is 0.105. The van der Waals surface area contributed by atoms with Crippen molar-refractivity contribution in [2.75, 3.05) is 12.4 Å². The molecule has 0 radical (unpaired) electrons. The van der Waals surface area contributed by atoms with Crippen LogP contribution in [0.3, 0.4) is 0 Å². The predicted molar refractivity (Wildman–Crippen MR) is 109 cm³/mol. The number of carbonyl (C=O) groups excluding carboxylic acids is 1. The second kappa shape index (κ2) is 7.49. The lowest BCUT2D eigenvalue weighted by Gasteiger charge is -2.13. The summed E-state index contributed by atoms with van der Waals surface area (Å²) in [4.78, 5) is 29.7. The minimum Gasteiger partial charge on any atom is -0.494 e. The van der Waals surface area contributed by atoms with E-state index in [1.165, 1.54) is 30.8 Å². The van der Waals surface area contributed by atoms with Crippen molar-refractivity contribution < 1.29 is 9.53 Å². The van der Waals surface area contributed by atoms with Crippen molar-refractivity contribution in [3.05, 3.63) is 59.4 Å². The summed E-state index contributed by atoms with van der Waals surface area (Å²) in [6.45, 7) is 1.85. The number of rotatable bonds is 4. The molecule has 28 heavy (non-hydrogen) atoms. The zero-order valence-corrected chi connectivity index (χ0v) is 16.5. The van der Waals surface area contributed by atoms with Gasteiger partial charge in [-0.1, -0.05) is 22.9 Å². The maximum absolute atomic E-state index is 13.0. The minimum atomic E-state index is -0.329. The van der Waals surface area contributed by atoms with Gasteiger partial charge < -0.3 is 4.74 Å². The van der Waals surface area contributed by atoms with Crippen molar-refractivity contribution in [1.29, 1.82) is 0 Å². The van der Waals surface area contributed by atoms with Crippen LogP contribution in [0.1, 0.15) is 16.1 Å². The lowest BCUT2D eigenvalue weighted by Crippen LogP contribution is -2.14. The molecule has 0 spiro atoms. The maximum Gasteiger partial charge on any atom is 0.259 e. The average Bonchev–Trinajstić information content (AvgIpc) is 3.10. The van der Waals surface area contributed by atoms with Crippen molar-refractivity contribution in [3.8, 4) is 16.9 Å². The molecule has 0 aliphatic rings. The fourth-order valence-electron chi connectivity index (χ4n) is 2.75. The number of hydrogen-bond acceptors (Lipinski definition) is 7. The highest BCUT2D eigenvalue weighted by Gasteiger charge is 2.19. The summed E-state index contributed by atoms with van der Waals surface area (Å²) < 4.78 is 6.34. The van der Waals surface area contributed by atoms with E-state index in [1.807, 2.05) is 19.1 Å². The molecule has 0 saturated heterocycles. The zero-order chi connectivity index (χ0) is 19.7. The molecule has 1 amide bonds. The van der Waals surface area contributed by atoms with Crippen LogP contribution >= 0.6 is 22.9 Å². The van der Waals surface area contributed by atoms with Crippen molar-refractivity contribution in [2.45, 2.75) is 6.92 Å². The van der Waals surface area contributed by atoms with Gasteiger partial charge in [0.05, 0.1) is 29.8 Å². The predicted octanol–water partition coefficient (Wildman–Crippen LogP) is 4.37. The van der Waals surface area contributed by atoms with E-state index in [2.05, 4.69) is 25.3 Å². The molecule has 4 rings (SSSR count). The molecule has 0 atom stereocenters. The third-order valence-electron chi connectivity index (χ3n) is 4.04. The van der Waals surface area contributed by atoms with Gasteiger partial charge >= 0.3 is 0 Å². The highest BCUT2D eigenvalue weighted by atomic mass is 35.5. The Morgan fingerprint density at radius 3 is 2.82 bits per heavy atom. The Kier molecular flexibility index (Phi) is 4.89. The van der Waals surface area contributed by atoms with E-state index in [9.17, 15) is 4.79 Å². The first-order valence-corrected chi connectivity index (χ1v) is 9.43. The van der Waals surface area contributed by atoms with Gasteiger partial charge in [0.2, 0.25) is 0 Å². The number of hydrogen-bond donors (Lipinski definition) is 1. The summed E-state index contributed by atoms with van der Waals surface area (Å²) in [5, 5.41) is 3.63. The molecule has 1 N–H and O–H groups in total. The number of thiazole rings is 1. The third-order valence-corrected chi connectivity index (χ3v) is 5.20. The smallest absolute Gasteiger partial charge is 0.259 e. The lowest BCUT2D eigenvalue weighted by molar-refractivity contribution is 0.102. The van der Waals surface area contributed by atoms with E-state index in [0.717, 1.165) is 15.9 Å². The monoisotopic (exact) mass is 411 g/mol.